The fourth-order valence-corrected chi connectivity index (χ4v) is 4.67. The second-order valence-electron chi connectivity index (χ2n) is 6.94. The number of carboxylic acids is 2. The van der Waals surface area contributed by atoms with Gasteiger partial charge in [-0.25, -0.2) is 0 Å². The van der Waals surface area contributed by atoms with Gasteiger partial charge in [-0.1, -0.05) is 0 Å². The van der Waals surface area contributed by atoms with Crippen LogP contribution in [0.1, 0.15) is 29.1 Å². The van der Waals surface area contributed by atoms with Gasteiger partial charge in [-0.15, -0.1) is 0 Å². The molecule has 3 rings (SSSR count). The van der Waals surface area contributed by atoms with Gasteiger partial charge >= 0.3 is 167 Å². The molecular formula is C21H18AsF2N3O6. The summed E-state index contributed by atoms with van der Waals surface area (Å²) < 4.78 is 32.4. The van der Waals surface area contributed by atoms with E-state index in [9.17, 15) is 23.2 Å². The Kier molecular flexibility index (Phi) is 7.89. The molecular weight excluding hydrogens is 503 g/mol. The third-order valence-corrected chi connectivity index (χ3v) is 6.69. The Bertz CT molecular complexity index is 1160. The van der Waals surface area contributed by atoms with Gasteiger partial charge in [0.1, 0.15) is 0 Å². The minimum absolute atomic E-state index is 0.0101. The van der Waals surface area contributed by atoms with Crippen LogP contribution >= 0.6 is 0 Å². The number of hydrogen-bond acceptors (Lipinski definition) is 6. The summed E-state index contributed by atoms with van der Waals surface area (Å²) in [5.41, 5.74) is 1.30. The van der Waals surface area contributed by atoms with Gasteiger partial charge in [-0.3, -0.25) is 9.59 Å². The number of nitrogens with zero attached hydrogens (tertiary/aromatic N) is 2. The fourth-order valence-electron chi connectivity index (χ4n) is 2.87. The van der Waals surface area contributed by atoms with Crippen LogP contribution in [0.2, 0.25) is 0 Å². The topological polar surface area (TPSA) is 143 Å². The zero-order chi connectivity index (χ0) is 24.0. The molecule has 172 valence electrons. The zero-order valence-electron chi connectivity index (χ0n) is 16.9. The first-order chi connectivity index (χ1) is 15.7. The molecule has 0 fully saturated rings. The third-order valence-electron chi connectivity index (χ3n) is 4.56. The van der Waals surface area contributed by atoms with E-state index >= 15 is 0 Å². The number of aliphatic carboxylic acids is 2. The van der Waals surface area contributed by atoms with Crippen LogP contribution in [0.4, 0.5) is 14.5 Å². The van der Waals surface area contributed by atoms with Gasteiger partial charge < -0.3 is 10.2 Å². The Balaban J connectivity index is 1.53. The molecule has 0 bridgehead atoms. The van der Waals surface area contributed by atoms with Crippen molar-refractivity contribution in [1.82, 2.24) is 10.2 Å². The van der Waals surface area contributed by atoms with Gasteiger partial charge in [0.05, 0.1) is 0 Å². The molecule has 3 aromatic rings. The molecule has 33 heavy (non-hydrogen) atoms. The van der Waals surface area contributed by atoms with Crippen molar-refractivity contribution in [2.24, 2.45) is 5.92 Å². The van der Waals surface area contributed by atoms with E-state index in [-0.39, 0.29) is 17.0 Å². The Morgan fingerprint density at radius 1 is 1.00 bits per heavy atom. The molecule has 9 nitrogen and oxygen atoms in total. The first kappa shape index (κ1) is 24.1. The van der Waals surface area contributed by atoms with Crippen LogP contribution in [0.15, 0.2) is 46.9 Å². The maximum atomic E-state index is 13.3. The predicted octanol–water partition coefficient (Wildman–Crippen LogP) is 1.10. The van der Waals surface area contributed by atoms with Crippen molar-refractivity contribution < 1.29 is 37.8 Å². The summed E-state index contributed by atoms with van der Waals surface area (Å²) in [4.78, 5) is 34.1. The Morgan fingerprint density at radius 2 is 1.70 bits per heavy atom. The van der Waals surface area contributed by atoms with E-state index in [0.29, 0.717) is 22.9 Å². The first-order valence-electron chi connectivity index (χ1n) is 9.64. The van der Waals surface area contributed by atoms with Crippen molar-refractivity contribution in [3.63, 3.8) is 0 Å². The summed E-state index contributed by atoms with van der Waals surface area (Å²) >= 11 is -1.24. The number of carboxylic acid groups (broad SMARTS) is 2. The first-order valence-corrected chi connectivity index (χ1v) is 11.7. The van der Waals surface area contributed by atoms with E-state index in [4.69, 9.17) is 14.6 Å². The van der Waals surface area contributed by atoms with Gasteiger partial charge in [0.2, 0.25) is 0 Å². The standard InChI is InChI=1S/C21H18AsF2N3O6/c23-15-9-6-12(10-16(15)24)22-21-27-26-18(33-21)17(28)25-13-7-4-11(5-8-13)2-1-3-14(19(29)30)20(31)32/h4-10,14,22H,1-3H2,(H,25,28)(H,29,30)(H,31,32). The number of rotatable bonds is 10. The molecule has 1 atom stereocenters. The Hall–Kier alpha value is -3.59. The Labute approximate surface area is 192 Å². The molecule has 3 N–H and O–H groups in total. The molecule has 0 radical (unpaired) electrons. The molecule has 0 aliphatic carbocycles. The fraction of sp³-hybridized carbons (Fsp3) is 0.190. The Morgan fingerprint density at radius 3 is 2.33 bits per heavy atom. The van der Waals surface area contributed by atoms with E-state index in [2.05, 4.69) is 15.5 Å². The number of amides is 1. The average Bonchev–Trinajstić information content (AvgIpc) is 3.23. The molecule has 0 aliphatic rings. The van der Waals surface area contributed by atoms with Crippen LogP contribution in [0, 0.1) is 17.6 Å². The van der Waals surface area contributed by atoms with E-state index in [1.807, 2.05) is 0 Å². The predicted molar refractivity (Wildman–Crippen MR) is 113 cm³/mol. The number of aryl methyl sites for hydroxylation is 1. The number of carbonyl (C=O) groups is 3. The van der Waals surface area contributed by atoms with Crippen LogP contribution in [0.5, 0.6) is 0 Å². The minimum atomic E-state index is -1.44. The second-order valence-corrected chi connectivity index (χ2v) is 9.57. The summed E-state index contributed by atoms with van der Waals surface area (Å²) in [5, 5.41) is 27.9. The number of aromatic nitrogens is 2. The van der Waals surface area contributed by atoms with Gasteiger partial charge in [0.25, 0.3) is 0 Å². The van der Waals surface area contributed by atoms with Crippen LogP contribution in [0.25, 0.3) is 0 Å². The molecule has 1 unspecified atom stereocenters. The van der Waals surface area contributed by atoms with Crippen molar-refractivity contribution in [1.29, 1.82) is 0 Å². The van der Waals surface area contributed by atoms with Gasteiger partial charge in [0.15, 0.2) is 5.92 Å². The molecule has 12 heteroatoms. The monoisotopic (exact) mass is 521 g/mol. The summed E-state index contributed by atoms with van der Waals surface area (Å²) in [7, 11) is 0. The molecule has 1 aromatic heterocycles. The number of benzene rings is 2. The SMILES string of the molecule is O=C(Nc1ccc(CCCC(C(=O)O)C(=O)O)cc1)c1nnc([AsH]c2ccc(F)c(F)c2)o1. The second kappa shape index (κ2) is 10.8. The molecule has 0 saturated carbocycles. The summed E-state index contributed by atoms with van der Waals surface area (Å²) in [6.45, 7) is 0. The molecule has 0 saturated heterocycles. The van der Waals surface area contributed by atoms with Crippen molar-refractivity contribution in [3.05, 3.63) is 65.6 Å². The quantitative estimate of drug-likeness (QED) is 0.266. The normalized spacial score (nSPS) is 11.2. The summed E-state index contributed by atoms with van der Waals surface area (Å²) in [5.74, 6) is -6.99. The number of hydrogen-bond donors (Lipinski definition) is 3. The maximum absolute atomic E-state index is 13.3. The van der Waals surface area contributed by atoms with Gasteiger partial charge in [-0.2, -0.15) is 0 Å². The van der Waals surface area contributed by atoms with Crippen LogP contribution < -0.4 is 14.3 Å². The molecule has 1 heterocycles. The number of anilines is 1. The number of halogens is 2. The number of carbonyl (C=O) groups excluding carboxylic acids is 1. The van der Waals surface area contributed by atoms with Crippen molar-refractivity contribution >= 4 is 48.3 Å². The van der Waals surface area contributed by atoms with Gasteiger partial charge in [0, 0.05) is 0 Å². The van der Waals surface area contributed by atoms with E-state index in [0.717, 1.165) is 17.7 Å². The zero-order valence-corrected chi connectivity index (χ0v) is 19.0. The van der Waals surface area contributed by atoms with E-state index < -0.39 is 51.2 Å². The van der Waals surface area contributed by atoms with Crippen LogP contribution in [-0.4, -0.2) is 54.0 Å². The van der Waals surface area contributed by atoms with Crippen LogP contribution in [-0.2, 0) is 16.0 Å². The number of nitrogens with one attached hydrogen (secondary N) is 1. The third kappa shape index (κ3) is 6.69. The molecule has 0 spiro atoms. The molecule has 0 aliphatic heterocycles. The van der Waals surface area contributed by atoms with Crippen molar-refractivity contribution in [2.75, 3.05) is 5.32 Å². The summed E-state index contributed by atoms with van der Waals surface area (Å²) in [6, 6.07) is 10.2. The van der Waals surface area contributed by atoms with Crippen LogP contribution in [0.3, 0.4) is 0 Å². The van der Waals surface area contributed by atoms with E-state index in [1.165, 1.54) is 6.07 Å². The molecule has 2 aromatic carbocycles. The summed E-state index contributed by atoms with van der Waals surface area (Å²) in [6.07, 6.45) is 0.865. The van der Waals surface area contributed by atoms with E-state index in [1.54, 1.807) is 24.3 Å². The van der Waals surface area contributed by atoms with Crippen molar-refractivity contribution in [2.45, 2.75) is 19.3 Å². The van der Waals surface area contributed by atoms with Crippen molar-refractivity contribution in [3.8, 4) is 0 Å². The van der Waals surface area contributed by atoms with Gasteiger partial charge in [-0.05, 0) is 0 Å². The average molecular weight is 521 g/mol. The molecule has 1 amide bonds.